The van der Waals surface area contributed by atoms with E-state index in [9.17, 15) is 4.79 Å². The average Bonchev–Trinajstić information content (AvgIpc) is 2.92. The first-order valence-corrected chi connectivity index (χ1v) is 7.66. The molecule has 1 amide bonds. The van der Waals surface area contributed by atoms with Crippen molar-refractivity contribution < 1.29 is 4.79 Å². The summed E-state index contributed by atoms with van der Waals surface area (Å²) in [7, 11) is 0. The zero-order valence-corrected chi connectivity index (χ0v) is 12.8. The topological polar surface area (TPSA) is 108 Å². The first-order valence-electron chi connectivity index (χ1n) is 7.66. The van der Waals surface area contributed by atoms with Crippen LogP contribution in [0.2, 0.25) is 0 Å². The van der Waals surface area contributed by atoms with Crippen molar-refractivity contribution >= 4 is 34.0 Å². The minimum Gasteiger partial charge on any atom is -0.397 e. The number of rotatable bonds is 2. The van der Waals surface area contributed by atoms with Gasteiger partial charge in [-0.2, -0.15) is 5.10 Å². The molecule has 0 unspecified atom stereocenters. The standard InChI is InChI=1S/C17H16N6O/c18-11-5-3-4-10-14-12(22-23-13-6-1-2-8-19-13)7-9-20-17(24)16(14)21-15(10)11/h1-6,8,21H,7,9,18H2,(H,19,23)(H,20,24)/b22-12-. The summed E-state index contributed by atoms with van der Waals surface area (Å²) in [4.78, 5) is 19.7. The van der Waals surface area contributed by atoms with Crippen molar-refractivity contribution in [2.75, 3.05) is 17.7 Å². The molecular formula is C17H16N6O. The summed E-state index contributed by atoms with van der Waals surface area (Å²) in [6.45, 7) is 0.522. The average molecular weight is 320 g/mol. The maximum atomic E-state index is 12.3. The molecular weight excluding hydrogens is 304 g/mol. The van der Waals surface area contributed by atoms with Gasteiger partial charge in [0.15, 0.2) is 0 Å². The van der Waals surface area contributed by atoms with Gasteiger partial charge in [-0.1, -0.05) is 18.2 Å². The lowest BCUT2D eigenvalue weighted by Gasteiger charge is -2.05. The van der Waals surface area contributed by atoms with Gasteiger partial charge in [0, 0.05) is 30.1 Å². The minimum absolute atomic E-state index is 0.149. The predicted octanol–water partition coefficient (Wildman–Crippen LogP) is 2.09. The number of nitrogens with two attached hydrogens (primary N) is 1. The molecule has 4 rings (SSSR count). The number of carbonyl (C=O) groups excluding carboxylic acids is 1. The van der Waals surface area contributed by atoms with Crippen molar-refractivity contribution in [1.82, 2.24) is 15.3 Å². The van der Waals surface area contributed by atoms with Gasteiger partial charge in [-0.05, 0) is 18.2 Å². The fraction of sp³-hybridized carbons (Fsp3) is 0.118. The lowest BCUT2D eigenvalue weighted by molar-refractivity contribution is 0.0952. The lowest BCUT2D eigenvalue weighted by Crippen LogP contribution is -2.23. The number of anilines is 2. The molecule has 3 aromatic rings. The number of aromatic nitrogens is 2. The molecule has 24 heavy (non-hydrogen) atoms. The van der Waals surface area contributed by atoms with Gasteiger partial charge in [0.25, 0.3) is 5.91 Å². The first kappa shape index (κ1) is 14.3. The van der Waals surface area contributed by atoms with Crippen molar-refractivity contribution in [1.29, 1.82) is 0 Å². The summed E-state index contributed by atoms with van der Waals surface area (Å²) in [5, 5.41) is 8.26. The zero-order valence-electron chi connectivity index (χ0n) is 12.8. The molecule has 0 radical (unpaired) electrons. The molecule has 2 aromatic heterocycles. The number of amides is 1. The number of fused-ring (bicyclic) bond motifs is 3. The van der Waals surface area contributed by atoms with Crippen LogP contribution in [0.25, 0.3) is 10.9 Å². The van der Waals surface area contributed by atoms with Crippen molar-refractivity contribution in [3.63, 3.8) is 0 Å². The molecule has 7 nitrogen and oxygen atoms in total. The van der Waals surface area contributed by atoms with Gasteiger partial charge in [-0.3, -0.25) is 10.2 Å². The Balaban J connectivity index is 1.85. The van der Waals surface area contributed by atoms with Crippen LogP contribution in [0.15, 0.2) is 47.7 Å². The molecule has 1 aromatic carbocycles. The first-order chi connectivity index (χ1) is 11.7. The number of nitrogens with zero attached hydrogens (tertiary/aromatic N) is 2. The molecule has 120 valence electrons. The van der Waals surface area contributed by atoms with Crippen molar-refractivity contribution in [2.24, 2.45) is 5.10 Å². The Morgan fingerprint density at radius 1 is 1.21 bits per heavy atom. The Hall–Kier alpha value is -3.35. The van der Waals surface area contributed by atoms with Crippen LogP contribution in [0, 0.1) is 0 Å². The SMILES string of the molecule is Nc1cccc2c3c([nH]c12)C(=O)NCC/C3=N/Nc1ccccn1. The number of hydrazone groups is 1. The highest BCUT2D eigenvalue weighted by molar-refractivity contribution is 6.20. The maximum absolute atomic E-state index is 12.3. The molecule has 5 N–H and O–H groups in total. The Morgan fingerprint density at radius 3 is 2.96 bits per heavy atom. The molecule has 1 aliphatic rings. The summed E-state index contributed by atoms with van der Waals surface area (Å²) in [6.07, 6.45) is 2.30. The highest BCUT2D eigenvalue weighted by Gasteiger charge is 2.25. The Bertz CT molecular complexity index is 944. The summed E-state index contributed by atoms with van der Waals surface area (Å²) in [6, 6.07) is 11.2. The third-order valence-electron chi connectivity index (χ3n) is 4.00. The number of aromatic amines is 1. The van der Waals surface area contributed by atoms with Crippen LogP contribution in [-0.4, -0.2) is 28.1 Å². The number of pyridine rings is 1. The Kier molecular flexibility index (Phi) is 3.38. The van der Waals surface area contributed by atoms with Gasteiger partial charge in [0.2, 0.25) is 0 Å². The van der Waals surface area contributed by atoms with Crippen LogP contribution in [0.1, 0.15) is 22.5 Å². The monoisotopic (exact) mass is 320 g/mol. The predicted molar refractivity (Wildman–Crippen MR) is 94.1 cm³/mol. The highest BCUT2D eigenvalue weighted by atomic mass is 16.1. The van der Waals surface area contributed by atoms with E-state index in [0.29, 0.717) is 30.2 Å². The third-order valence-corrected chi connectivity index (χ3v) is 4.00. The molecule has 3 heterocycles. The second kappa shape index (κ2) is 5.69. The van der Waals surface area contributed by atoms with Gasteiger partial charge >= 0.3 is 0 Å². The Labute approximate surface area is 138 Å². The van der Waals surface area contributed by atoms with E-state index in [1.54, 1.807) is 12.3 Å². The van der Waals surface area contributed by atoms with Crippen molar-refractivity contribution in [3.8, 4) is 0 Å². The van der Waals surface area contributed by atoms with Crippen molar-refractivity contribution in [2.45, 2.75) is 6.42 Å². The highest BCUT2D eigenvalue weighted by Crippen LogP contribution is 2.29. The van der Waals surface area contributed by atoms with Crippen molar-refractivity contribution in [3.05, 3.63) is 53.9 Å². The molecule has 0 atom stereocenters. The van der Waals surface area contributed by atoms with Crippen LogP contribution in [0.4, 0.5) is 11.5 Å². The van der Waals surface area contributed by atoms with Gasteiger partial charge in [-0.25, -0.2) is 4.98 Å². The molecule has 1 aliphatic heterocycles. The van der Waals surface area contributed by atoms with Gasteiger partial charge in [0.1, 0.15) is 11.5 Å². The number of benzene rings is 1. The molecule has 0 bridgehead atoms. The van der Waals surface area contributed by atoms with Crippen LogP contribution in [0.3, 0.4) is 0 Å². The van der Waals surface area contributed by atoms with Gasteiger partial charge in [0.05, 0.1) is 16.9 Å². The summed E-state index contributed by atoms with van der Waals surface area (Å²) in [5.74, 6) is 0.498. The minimum atomic E-state index is -0.149. The summed E-state index contributed by atoms with van der Waals surface area (Å²) < 4.78 is 0. The number of H-pyrrole nitrogens is 1. The molecule has 0 saturated heterocycles. The van der Waals surface area contributed by atoms with Crippen LogP contribution in [-0.2, 0) is 0 Å². The van der Waals surface area contributed by atoms with Gasteiger partial charge in [-0.15, -0.1) is 0 Å². The van der Waals surface area contributed by atoms with E-state index >= 15 is 0 Å². The molecule has 0 saturated carbocycles. The van der Waals surface area contributed by atoms with E-state index in [1.165, 1.54) is 0 Å². The van der Waals surface area contributed by atoms with E-state index in [2.05, 4.69) is 25.8 Å². The van der Waals surface area contributed by atoms with E-state index in [4.69, 9.17) is 5.73 Å². The fourth-order valence-electron chi connectivity index (χ4n) is 2.88. The van der Waals surface area contributed by atoms with E-state index in [-0.39, 0.29) is 5.91 Å². The fourth-order valence-corrected chi connectivity index (χ4v) is 2.88. The van der Waals surface area contributed by atoms with Gasteiger partial charge < -0.3 is 16.0 Å². The number of nitrogen functional groups attached to an aromatic ring is 1. The van der Waals surface area contributed by atoms with Crippen LogP contribution in [0.5, 0.6) is 0 Å². The normalized spacial score (nSPS) is 15.8. The largest absolute Gasteiger partial charge is 0.397 e. The zero-order chi connectivity index (χ0) is 16.5. The van der Waals surface area contributed by atoms with E-state index in [0.717, 1.165) is 22.2 Å². The second-order valence-electron chi connectivity index (χ2n) is 5.54. The number of carbonyl (C=O) groups is 1. The van der Waals surface area contributed by atoms with Crippen LogP contribution < -0.4 is 16.5 Å². The number of hydrogen-bond acceptors (Lipinski definition) is 5. The third kappa shape index (κ3) is 2.36. The molecule has 0 fully saturated rings. The maximum Gasteiger partial charge on any atom is 0.268 e. The van der Waals surface area contributed by atoms with E-state index in [1.807, 2.05) is 30.3 Å². The molecule has 0 aliphatic carbocycles. The lowest BCUT2D eigenvalue weighted by atomic mass is 10.0. The van der Waals surface area contributed by atoms with E-state index < -0.39 is 0 Å². The number of hydrogen-bond donors (Lipinski definition) is 4. The summed E-state index contributed by atoms with van der Waals surface area (Å²) in [5.41, 5.74) is 12.4. The quantitative estimate of drug-likeness (QED) is 0.428. The summed E-state index contributed by atoms with van der Waals surface area (Å²) >= 11 is 0. The molecule has 7 heteroatoms. The Morgan fingerprint density at radius 2 is 2.12 bits per heavy atom. The smallest absolute Gasteiger partial charge is 0.268 e. The number of nitrogens with one attached hydrogen (secondary N) is 3. The second-order valence-corrected chi connectivity index (χ2v) is 5.54. The molecule has 0 spiro atoms. The number of para-hydroxylation sites is 1. The van der Waals surface area contributed by atoms with Crippen LogP contribution >= 0.6 is 0 Å².